The minimum atomic E-state index is -0.439. The maximum atomic E-state index is 10.7. The van der Waals surface area contributed by atoms with E-state index in [1.807, 2.05) is 26.1 Å². The van der Waals surface area contributed by atoms with Crippen molar-refractivity contribution in [3.05, 3.63) is 75.7 Å². The summed E-state index contributed by atoms with van der Waals surface area (Å²) in [6, 6.07) is 14.3. The first kappa shape index (κ1) is 17.8. The van der Waals surface area contributed by atoms with E-state index >= 15 is 0 Å². The zero-order valence-electron chi connectivity index (χ0n) is 14.9. The van der Waals surface area contributed by atoms with Crippen molar-refractivity contribution < 1.29 is 9.34 Å². The third kappa shape index (κ3) is 3.78. The molecule has 0 bridgehead atoms. The molecule has 1 atom stereocenters. The fourth-order valence-corrected chi connectivity index (χ4v) is 2.63. The summed E-state index contributed by atoms with van der Waals surface area (Å²) in [5.74, 6) is 0.862. The topological polar surface area (TPSA) is 85.3 Å². The fourth-order valence-electron chi connectivity index (χ4n) is 2.63. The maximum absolute atomic E-state index is 10.7. The number of aryl methyl sites for hydroxylation is 1. The lowest BCUT2D eigenvalue weighted by Gasteiger charge is -2.22. The van der Waals surface area contributed by atoms with Gasteiger partial charge in [0.2, 0.25) is 11.8 Å². The van der Waals surface area contributed by atoms with E-state index in [2.05, 4.69) is 34.2 Å². The molecule has 134 valence electrons. The van der Waals surface area contributed by atoms with Gasteiger partial charge in [0.05, 0.1) is 11.0 Å². The summed E-state index contributed by atoms with van der Waals surface area (Å²) in [6.07, 6.45) is 0. The second-order valence-electron chi connectivity index (χ2n) is 6.27. The maximum Gasteiger partial charge on any atom is 0.269 e. The lowest BCUT2D eigenvalue weighted by molar-refractivity contribution is -0.384. The molecule has 0 aliphatic rings. The highest BCUT2D eigenvalue weighted by molar-refractivity contribution is 5.55. The van der Waals surface area contributed by atoms with Crippen LogP contribution in [0.15, 0.2) is 52.9 Å². The van der Waals surface area contributed by atoms with Crippen molar-refractivity contribution in [1.29, 1.82) is 0 Å². The van der Waals surface area contributed by atoms with Crippen LogP contribution in [0.1, 0.15) is 30.0 Å². The number of nitro groups is 1. The van der Waals surface area contributed by atoms with Crippen molar-refractivity contribution in [3.63, 3.8) is 0 Å². The van der Waals surface area contributed by atoms with Gasteiger partial charge in [-0.3, -0.25) is 15.0 Å². The van der Waals surface area contributed by atoms with Crippen molar-refractivity contribution in [3.8, 4) is 11.5 Å². The summed E-state index contributed by atoms with van der Waals surface area (Å²) in [5.41, 5.74) is 3.17. The molecule has 0 unspecified atom stereocenters. The van der Waals surface area contributed by atoms with Crippen LogP contribution in [0.3, 0.4) is 0 Å². The van der Waals surface area contributed by atoms with Gasteiger partial charge in [0.1, 0.15) is 0 Å². The number of non-ortho nitro benzene ring substituents is 1. The van der Waals surface area contributed by atoms with Crippen LogP contribution in [0, 0.1) is 17.0 Å². The van der Waals surface area contributed by atoms with E-state index in [0.717, 1.165) is 6.54 Å². The average Bonchev–Trinajstić information content (AvgIpc) is 3.13. The summed E-state index contributed by atoms with van der Waals surface area (Å²) >= 11 is 0. The number of aromatic nitrogens is 2. The van der Waals surface area contributed by atoms with Gasteiger partial charge >= 0.3 is 0 Å². The average molecular weight is 352 g/mol. The molecular weight excluding hydrogens is 332 g/mol. The Kier molecular flexibility index (Phi) is 5.09. The predicted molar refractivity (Wildman–Crippen MR) is 97.4 cm³/mol. The molecular formula is C19H20N4O3. The molecule has 0 amide bonds. The van der Waals surface area contributed by atoms with Crippen LogP contribution in [-0.4, -0.2) is 27.1 Å². The monoisotopic (exact) mass is 352 g/mol. The first-order valence-electron chi connectivity index (χ1n) is 8.28. The van der Waals surface area contributed by atoms with Crippen LogP contribution in [0.2, 0.25) is 0 Å². The highest BCUT2D eigenvalue weighted by Crippen LogP contribution is 2.26. The van der Waals surface area contributed by atoms with Crippen LogP contribution in [0.5, 0.6) is 0 Å². The Hall–Kier alpha value is -3.06. The molecule has 0 aliphatic heterocycles. The van der Waals surface area contributed by atoms with Gasteiger partial charge in [-0.15, -0.1) is 10.2 Å². The molecule has 0 N–H and O–H groups in total. The molecule has 0 aliphatic carbocycles. The second kappa shape index (κ2) is 7.45. The van der Waals surface area contributed by atoms with Crippen LogP contribution < -0.4 is 0 Å². The quantitative estimate of drug-likeness (QED) is 0.489. The van der Waals surface area contributed by atoms with Gasteiger partial charge in [-0.1, -0.05) is 24.3 Å². The molecule has 1 heterocycles. The fraction of sp³-hybridized carbons (Fsp3) is 0.263. The third-order valence-corrected chi connectivity index (χ3v) is 4.47. The van der Waals surface area contributed by atoms with Gasteiger partial charge in [-0.05, 0) is 44.2 Å². The first-order chi connectivity index (χ1) is 12.5. The minimum absolute atomic E-state index is 0.0276. The van der Waals surface area contributed by atoms with Gasteiger partial charge in [-0.25, -0.2) is 0 Å². The van der Waals surface area contributed by atoms with Crippen molar-refractivity contribution >= 4 is 5.69 Å². The largest absolute Gasteiger partial charge is 0.419 e. The molecule has 1 aromatic heterocycles. The molecule has 7 nitrogen and oxygen atoms in total. The molecule has 0 saturated carbocycles. The van der Waals surface area contributed by atoms with Crippen LogP contribution >= 0.6 is 0 Å². The standard InChI is InChI=1S/C19H20N4O3/c1-13-6-4-5-7-16(13)12-22(3)14(2)18-20-21-19(26-18)15-8-10-17(11-9-15)23(24)25/h4-11,14H,12H2,1-3H3/t14-/m1/s1. The van der Waals surface area contributed by atoms with E-state index in [-0.39, 0.29) is 11.7 Å². The minimum Gasteiger partial charge on any atom is -0.419 e. The van der Waals surface area contributed by atoms with Crippen molar-refractivity contribution in [1.82, 2.24) is 15.1 Å². The number of nitrogens with zero attached hydrogens (tertiary/aromatic N) is 4. The Bertz CT molecular complexity index is 905. The van der Waals surface area contributed by atoms with E-state index in [4.69, 9.17) is 4.42 Å². The summed E-state index contributed by atoms with van der Waals surface area (Å²) in [5, 5.41) is 19.0. The second-order valence-corrected chi connectivity index (χ2v) is 6.27. The number of benzene rings is 2. The SMILES string of the molecule is Cc1ccccc1CN(C)[C@H](C)c1nnc(-c2ccc([N+](=O)[O-])cc2)o1. The highest BCUT2D eigenvalue weighted by Gasteiger charge is 2.20. The Morgan fingerprint density at radius 2 is 1.85 bits per heavy atom. The Morgan fingerprint density at radius 1 is 1.15 bits per heavy atom. The number of rotatable bonds is 6. The lowest BCUT2D eigenvalue weighted by atomic mass is 10.1. The smallest absolute Gasteiger partial charge is 0.269 e. The Morgan fingerprint density at radius 3 is 2.50 bits per heavy atom. The summed E-state index contributed by atoms with van der Waals surface area (Å²) in [7, 11) is 2.01. The lowest BCUT2D eigenvalue weighted by Crippen LogP contribution is -2.22. The van der Waals surface area contributed by atoms with E-state index < -0.39 is 4.92 Å². The number of hydrogen-bond acceptors (Lipinski definition) is 6. The highest BCUT2D eigenvalue weighted by atomic mass is 16.6. The summed E-state index contributed by atoms with van der Waals surface area (Å²) in [4.78, 5) is 12.4. The van der Waals surface area contributed by atoms with Crippen LogP contribution in [-0.2, 0) is 6.54 Å². The predicted octanol–water partition coefficient (Wildman–Crippen LogP) is 4.15. The molecule has 3 aromatic rings. The van der Waals surface area contributed by atoms with E-state index in [1.165, 1.54) is 23.3 Å². The van der Waals surface area contributed by atoms with Crippen LogP contribution in [0.25, 0.3) is 11.5 Å². The van der Waals surface area contributed by atoms with Gasteiger partial charge in [-0.2, -0.15) is 0 Å². The molecule has 0 fully saturated rings. The summed E-state index contributed by atoms with van der Waals surface area (Å²) in [6.45, 7) is 4.86. The molecule has 0 spiro atoms. The third-order valence-electron chi connectivity index (χ3n) is 4.47. The van der Waals surface area contributed by atoms with Gasteiger partial charge in [0, 0.05) is 24.2 Å². The molecule has 7 heteroatoms. The first-order valence-corrected chi connectivity index (χ1v) is 8.28. The molecule has 0 radical (unpaired) electrons. The van der Waals surface area contributed by atoms with Gasteiger partial charge in [0.15, 0.2) is 0 Å². The Balaban J connectivity index is 1.74. The van der Waals surface area contributed by atoms with E-state index in [0.29, 0.717) is 17.3 Å². The van der Waals surface area contributed by atoms with Crippen molar-refractivity contribution in [2.45, 2.75) is 26.4 Å². The van der Waals surface area contributed by atoms with Crippen molar-refractivity contribution in [2.75, 3.05) is 7.05 Å². The zero-order chi connectivity index (χ0) is 18.7. The summed E-state index contributed by atoms with van der Waals surface area (Å²) < 4.78 is 5.79. The van der Waals surface area contributed by atoms with Crippen LogP contribution in [0.4, 0.5) is 5.69 Å². The van der Waals surface area contributed by atoms with E-state index in [1.54, 1.807) is 12.1 Å². The van der Waals surface area contributed by atoms with E-state index in [9.17, 15) is 10.1 Å². The van der Waals surface area contributed by atoms with Crippen molar-refractivity contribution in [2.24, 2.45) is 0 Å². The van der Waals surface area contributed by atoms with Gasteiger partial charge in [0.25, 0.3) is 5.69 Å². The molecule has 3 rings (SSSR count). The molecule has 0 saturated heterocycles. The molecule has 2 aromatic carbocycles. The molecule has 26 heavy (non-hydrogen) atoms. The normalized spacial score (nSPS) is 12.3. The zero-order valence-corrected chi connectivity index (χ0v) is 14.9. The number of nitro benzene ring substituents is 1. The number of hydrogen-bond donors (Lipinski definition) is 0. The van der Waals surface area contributed by atoms with Gasteiger partial charge < -0.3 is 4.42 Å². The Labute approximate surface area is 151 Å².